The highest BCUT2D eigenvalue weighted by Crippen LogP contribution is 2.29. The second-order valence-corrected chi connectivity index (χ2v) is 7.29. The molecule has 1 heterocycles. The summed E-state index contributed by atoms with van der Waals surface area (Å²) in [6, 6.07) is 4.82. The van der Waals surface area contributed by atoms with E-state index >= 15 is 0 Å². The standard InChI is InChI=1S/C11H10Cl3N3O3S/c1-20-5-4-17-10(15-16-11(17)21(14,18)19)7-2-3-8(12)9(13)6-7/h2-3,6H,4-5H2,1H3. The van der Waals surface area contributed by atoms with Crippen LogP contribution in [-0.2, 0) is 20.3 Å². The van der Waals surface area contributed by atoms with Crippen LogP contribution in [0.5, 0.6) is 0 Å². The highest BCUT2D eigenvalue weighted by Gasteiger charge is 2.23. The van der Waals surface area contributed by atoms with Crippen LogP contribution in [0.2, 0.25) is 10.0 Å². The van der Waals surface area contributed by atoms with Gasteiger partial charge in [-0.25, -0.2) is 8.42 Å². The summed E-state index contributed by atoms with van der Waals surface area (Å²) in [5.74, 6) is 0.310. The molecular weight excluding hydrogens is 361 g/mol. The number of aromatic nitrogens is 3. The van der Waals surface area contributed by atoms with E-state index in [0.29, 0.717) is 21.4 Å². The summed E-state index contributed by atoms with van der Waals surface area (Å²) in [6.07, 6.45) is 0. The Balaban J connectivity index is 2.57. The maximum atomic E-state index is 11.5. The number of rotatable bonds is 5. The summed E-state index contributed by atoms with van der Waals surface area (Å²) in [6.45, 7) is 0.492. The van der Waals surface area contributed by atoms with E-state index in [1.807, 2.05) is 0 Å². The third kappa shape index (κ3) is 3.67. The molecule has 0 saturated carbocycles. The molecule has 0 bridgehead atoms. The quantitative estimate of drug-likeness (QED) is 0.757. The first-order valence-corrected chi connectivity index (χ1v) is 8.73. The minimum atomic E-state index is -4.02. The fourth-order valence-electron chi connectivity index (χ4n) is 1.70. The number of methoxy groups -OCH3 is 1. The molecule has 0 unspecified atom stereocenters. The Kier molecular flexibility index (Phi) is 5.11. The Hall–Kier alpha value is -0.860. The third-order valence-electron chi connectivity index (χ3n) is 2.63. The largest absolute Gasteiger partial charge is 0.383 e. The van der Waals surface area contributed by atoms with Crippen LogP contribution in [0.25, 0.3) is 11.4 Å². The summed E-state index contributed by atoms with van der Waals surface area (Å²) in [5, 5.41) is 7.86. The van der Waals surface area contributed by atoms with Gasteiger partial charge in [0.25, 0.3) is 14.2 Å². The molecule has 114 valence electrons. The van der Waals surface area contributed by atoms with E-state index in [1.165, 1.54) is 11.7 Å². The van der Waals surface area contributed by atoms with Crippen molar-refractivity contribution in [2.45, 2.75) is 11.7 Å². The molecule has 0 amide bonds. The van der Waals surface area contributed by atoms with Gasteiger partial charge in [0.05, 0.1) is 23.2 Å². The van der Waals surface area contributed by atoms with Gasteiger partial charge in [0.1, 0.15) is 0 Å². The Bertz CT molecular complexity index is 761. The molecule has 0 aliphatic carbocycles. The zero-order chi connectivity index (χ0) is 15.6. The van der Waals surface area contributed by atoms with Crippen LogP contribution in [0.1, 0.15) is 0 Å². The molecule has 2 aromatic rings. The zero-order valence-electron chi connectivity index (χ0n) is 10.8. The van der Waals surface area contributed by atoms with Crippen LogP contribution < -0.4 is 0 Å². The molecule has 1 aromatic heterocycles. The molecular formula is C11H10Cl3N3O3S. The topological polar surface area (TPSA) is 74.1 Å². The summed E-state index contributed by atoms with van der Waals surface area (Å²) in [4.78, 5) is 0. The predicted octanol–water partition coefficient (Wildman–Crippen LogP) is 2.83. The summed E-state index contributed by atoms with van der Waals surface area (Å²) < 4.78 is 29.4. The molecule has 0 fully saturated rings. The summed E-state index contributed by atoms with van der Waals surface area (Å²) in [5.41, 5.74) is 0.569. The number of hydrogen-bond donors (Lipinski definition) is 0. The average Bonchev–Trinajstić information content (AvgIpc) is 2.83. The third-order valence-corrected chi connectivity index (χ3v) is 4.52. The van der Waals surface area contributed by atoms with Crippen LogP contribution in [0, 0.1) is 0 Å². The highest BCUT2D eigenvalue weighted by molar-refractivity contribution is 8.13. The van der Waals surface area contributed by atoms with Crippen LogP contribution in [0.15, 0.2) is 23.4 Å². The van der Waals surface area contributed by atoms with Crippen LogP contribution in [0.4, 0.5) is 0 Å². The van der Waals surface area contributed by atoms with Gasteiger partial charge in [-0.2, -0.15) is 0 Å². The van der Waals surface area contributed by atoms with E-state index in [1.54, 1.807) is 18.2 Å². The van der Waals surface area contributed by atoms with E-state index in [2.05, 4.69) is 10.2 Å². The molecule has 10 heteroatoms. The second kappa shape index (κ2) is 6.50. The van der Waals surface area contributed by atoms with Gasteiger partial charge in [-0.3, -0.25) is 4.57 Å². The van der Waals surface area contributed by atoms with Crippen LogP contribution in [0.3, 0.4) is 0 Å². The SMILES string of the molecule is COCCn1c(-c2ccc(Cl)c(Cl)c2)nnc1S(=O)(=O)Cl. The van der Waals surface area contributed by atoms with E-state index in [9.17, 15) is 8.42 Å². The molecule has 2 rings (SSSR count). The van der Waals surface area contributed by atoms with E-state index in [-0.39, 0.29) is 18.3 Å². The lowest BCUT2D eigenvalue weighted by atomic mass is 10.2. The van der Waals surface area contributed by atoms with Gasteiger partial charge < -0.3 is 4.74 Å². The monoisotopic (exact) mass is 369 g/mol. The highest BCUT2D eigenvalue weighted by atomic mass is 35.7. The lowest BCUT2D eigenvalue weighted by molar-refractivity contribution is 0.185. The molecule has 0 atom stereocenters. The molecule has 0 saturated heterocycles. The van der Waals surface area contributed by atoms with Gasteiger partial charge >= 0.3 is 0 Å². The van der Waals surface area contributed by atoms with E-state index < -0.39 is 9.05 Å². The Morgan fingerprint density at radius 3 is 2.52 bits per heavy atom. The van der Waals surface area contributed by atoms with Crippen LogP contribution >= 0.6 is 33.9 Å². The molecule has 0 aliphatic heterocycles. The van der Waals surface area contributed by atoms with Crippen molar-refractivity contribution in [3.8, 4) is 11.4 Å². The van der Waals surface area contributed by atoms with Gasteiger partial charge in [-0.15, -0.1) is 10.2 Å². The van der Waals surface area contributed by atoms with Gasteiger partial charge in [0, 0.05) is 23.4 Å². The molecule has 0 N–H and O–H groups in total. The van der Waals surface area contributed by atoms with E-state index in [4.69, 9.17) is 38.6 Å². The maximum absolute atomic E-state index is 11.5. The Morgan fingerprint density at radius 2 is 1.95 bits per heavy atom. The molecule has 6 nitrogen and oxygen atoms in total. The fraction of sp³-hybridized carbons (Fsp3) is 0.273. The molecule has 0 aliphatic rings. The van der Waals surface area contributed by atoms with E-state index in [0.717, 1.165) is 0 Å². The van der Waals surface area contributed by atoms with Crippen molar-refractivity contribution >= 4 is 42.9 Å². The van der Waals surface area contributed by atoms with Crippen molar-refractivity contribution in [1.29, 1.82) is 0 Å². The summed E-state index contributed by atoms with van der Waals surface area (Å²) in [7, 11) is 2.84. The van der Waals surface area contributed by atoms with Crippen molar-refractivity contribution in [3.63, 3.8) is 0 Å². The normalized spacial score (nSPS) is 11.8. The number of ether oxygens (including phenoxy) is 1. The second-order valence-electron chi connectivity index (χ2n) is 4.02. The average molecular weight is 371 g/mol. The first kappa shape index (κ1) is 16.5. The van der Waals surface area contributed by atoms with Crippen molar-refractivity contribution < 1.29 is 13.2 Å². The van der Waals surface area contributed by atoms with Gasteiger partial charge in [-0.05, 0) is 18.2 Å². The molecule has 21 heavy (non-hydrogen) atoms. The number of hydrogen-bond acceptors (Lipinski definition) is 5. The van der Waals surface area contributed by atoms with Crippen molar-refractivity contribution in [1.82, 2.24) is 14.8 Å². The molecule has 0 radical (unpaired) electrons. The summed E-state index contributed by atoms with van der Waals surface area (Å²) >= 11 is 11.8. The molecule has 1 aromatic carbocycles. The Morgan fingerprint density at radius 1 is 1.24 bits per heavy atom. The van der Waals surface area contributed by atoms with Gasteiger partial charge in [-0.1, -0.05) is 23.2 Å². The lowest BCUT2D eigenvalue weighted by Gasteiger charge is -2.08. The smallest absolute Gasteiger partial charge is 0.296 e. The first-order valence-electron chi connectivity index (χ1n) is 5.67. The predicted molar refractivity (Wildman–Crippen MR) is 80.4 cm³/mol. The number of benzene rings is 1. The minimum Gasteiger partial charge on any atom is -0.383 e. The lowest BCUT2D eigenvalue weighted by Crippen LogP contribution is -2.11. The van der Waals surface area contributed by atoms with Crippen molar-refractivity contribution in [3.05, 3.63) is 28.2 Å². The maximum Gasteiger partial charge on any atom is 0.296 e. The number of nitrogens with zero attached hydrogens (tertiary/aromatic N) is 3. The van der Waals surface area contributed by atoms with Crippen molar-refractivity contribution in [2.75, 3.05) is 13.7 Å². The van der Waals surface area contributed by atoms with Crippen LogP contribution in [-0.4, -0.2) is 36.9 Å². The minimum absolute atomic E-state index is 0.223. The molecule has 0 spiro atoms. The number of halogens is 3. The zero-order valence-corrected chi connectivity index (χ0v) is 13.8. The van der Waals surface area contributed by atoms with Gasteiger partial charge in [0.2, 0.25) is 0 Å². The first-order chi connectivity index (χ1) is 9.84. The Labute approximate surface area is 136 Å². The van der Waals surface area contributed by atoms with Gasteiger partial charge in [0.15, 0.2) is 5.82 Å². The fourth-order valence-corrected chi connectivity index (χ4v) is 2.92. The van der Waals surface area contributed by atoms with Crippen molar-refractivity contribution in [2.24, 2.45) is 0 Å².